The standard InChI is InChI=1S/C29H41N3OS/c1-4-18-31-19-8-10-24-20-23(12-17-28(24)31)21-32(27-11-7-6-9-22(27)3)29(34)30-25-13-15-26(16-14-25)33-5-2/h12-17,20,22,27H,4-11,18-19,21H2,1-3H3,(H,30,34)/t22-,27+/m0/s1. The van der Waals surface area contributed by atoms with Gasteiger partial charge in [0.25, 0.3) is 0 Å². The van der Waals surface area contributed by atoms with Gasteiger partial charge >= 0.3 is 0 Å². The number of hydrogen-bond donors (Lipinski definition) is 1. The Morgan fingerprint density at radius 2 is 1.88 bits per heavy atom. The zero-order chi connectivity index (χ0) is 23.9. The molecular formula is C29H41N3OS. The molecule has 1 aliphatic carbocycles. The molecule has 4 nitrogen and oxygen atoms in total. The highest BCUT2D eigenvalue weighted by Gasteiger charge is 2.29. The van der Waals surface area contributed by atoms with Crippen molar-refractivity contribution in [2.75, 3.05) is 29.9 Å². The first-order valence-corrected chi connectivity index (χ1v) is 13.7. The molecule has 0 amide bonds. The highest BCUT2D eigenvalue weighted by molar-refractivity contribution is 7.80. The normalized spacial score (nSPS) is 19.9. The van der Waals surface area contributed by atoms with Crippen LogP contribution in [0.25, 0.3) is 0 Å². The first kappa shape index (κ1) is 24.8. The maximum absolute atomic E-state index is 6.02. The number of rotatable bonds is 8. The average Bonchev–Trinajstić information content (AvgIpc) is 2.85. The van der Waals surface area contributed by atoms with Crippen molar-refractivity contribution in [3.05, 3.63) is 53.6 Å². The van der Waals surface area contributed by atoms with E-state index in [2.05, 4.69) is 59.3 Å². The van der Waals surface area contributed by atoms with Gasteiger partial charge in [-0.2, -0.15) is 0 Å². The van der Waals surface area contributed by atoms with Crippen LogP contribution in [0.2, 0.25) is 0 Å². The second-order valence-electron chi connectivity index (χ2n) is 9.90. The van der Waals surface area contributed by atoms with Gasteiger partial charge in [-0.1, -0.05) is 38.8 Å². The Kier molecular flexibility index (Phi) is 8.71. The molecule has 0 spiro atoms. The van der Waals surface area contributed by atoms with Crippen LogP contribution in [0.15, 0.2) is 42.5 Å². The second kappa shape index (κ2) is 11.9. The number of ether oxygens (including phenoxy) is 1. The van der Waals surface area contributed by atoms with Gasteiger partial charge in [0, 0.05) is 37.1 Å². The number of hydrogen-bond acceptors (Lipinski definition) is 3. The van der Waals surface area contributed by atoms with Crippen LogP contribution in [0.1, 0.15) is 70.4 Å². The molecule has 5 heteroatoms. The van der Waals surface area contributed by atoms with Crippen molar-refractivity contribution in [1.82, 2.24) is 4.90 Å². The second-order valence-corrected chi connectivity index (χ2v) is 10.3. The van der Waals surface area contributed by atoms with Gasteiger partial charge in [0.1, 0.15) is 5.75 Å². The molecule has 4 rings (SSSR count). The Balaban J connectivity index is 1.53. The molecule has 0 aromatic heterocycles. The SMILES string of the molecule is CCCN1CCCc2cc(CN(C(=S)Nc3ccc(OCC)cc3)[C@@H]3CCCC[C@@H]3C)ccc21. The Hall–Kier alpha value is -2.27. The van der Waals surface area contributed by atoms with Crippen LogP contribution >= 0.6 is 12.2 Å². The fourth-order valence-corrected chi connectivity index (χ4v) is 5.94. The lowest BCUT2D eigenvalue weighted by Crippen LogP contribution is -2.46. The molecule has 1 N–H and O–H groups in total. The van der Waals surface area contributed by atoms with E-state index in [1.165, 1.54) is 68.3 Å². The Labute approximate surface area is 211 Å². The van der Waals surface area contributed by atoms with Crippen molar-refractivity contribution >= 4 is 28.7 Å². The minimum atomic E-state index is 0.476. The number of aryl methyl sites for hydroxylation is 1. The molecule has 0 radical (unpaired) electrons. The molecule has 0 saturated heterocycles. The van der Waals surface area contributed by atoms with E-state index in [-0.39, 0.29) is 0 Å². The molecule has 1 heterocycles. The van der Waals surface area contributed by atoms with Crippen LogP contribution in [-0.4, -0.2) is 35.8 Å². The van der Waals surface area contributed by atoms with Crippen molar-refractivity contribution in [3.63, 3.8) is 0 Å². The van der Waals surface area contributed by atoms with E-state index in [4.69, 9.17) is 17.0 Å². The number of nitrogens with zero attached hydrogens (tertiary/aromatic N) is 2. The third-order valence-corrected chi connectivity index (χ3v) is 7.69. The van der Waals surface area contributed by atoms with E-state index in [9.17, 15) is 0 Å². The Bertz CT molecular complexity index is 945. The molecule has 2 atom stereocenters. The van der Waals surface area contributed by atoms with E-state index < -0.39 is 0 Å². The van der Waals surface area contributed by atoms with E-state index in [1.807, 2.05) is 19.1 Å². The van der Waals surface area contributed by atoms with E-state index in [0.717, 1.165) is 29.6 Å². The first-order valence-electron chi connectivity index (χ1n) is 13.3. The van der Waals surface area contributed by atoms with Gasteiger partial charge in [0.15, 0.2) is 5.11 Å². The molecule has 184 valence electrons. The van der Waals surface area contributed by atoms with Crippen molar-refractivity contribution < 1.29 is 4.74 Å². The fourth-order valence-electron chi connectivity index (χ4n) is 5.62. The Morgan fingerprint density at radius 3 is 2.62 bits per heavy atom. The van der Waals surface area contributed by atoms with Gasteiger partial charge in [-0.05, 0) is 98.6 Å². The van der Waals surface area contributed by atoms with Gasteiger partial charge in [-0.15, -0.1) is 0 Å². The number of nitrogens with one attached hydrogen (secondary N) is 1. The third-order valence-electron chi connectivity index (χ3n) is 7.35. The van der Waals surface area contributed by atoms with Crippen LogP contribution in [0.4, 0.5) is 11.4 Å². The molecule has 0 unspecified atom stereocenters. The van der Waals surface area contributed by atoms with Gasteiger partial charge in [-0.3, -0.25) is 0 Å². The molecule has 2 aromatic carbocycles. The molecule has 0 bridgehead atoms. The summed E-state index contributed by atoms with van der Waals surface area (Å²) in [5, 5.41) is 4.36. The van der Waals surface area contributed by atoms with Gasteiger partial charge in [0.05, 0.1) is 6.61 Å². The zero-order valence-corrected chi connectivity index (χ0v) is 22.0. The lowest BCUT2D eigenvalue weighted by molar-refractivity contribution is 0.177. The van der Waals surface area contributed by atoms with E-state index in [0.29, 0.717) is 18.6 Å². The van der Waals surface area contributed by atoms with Crippen LogP contribution in [-0.2, 0) is 13.0 Å². The fraction of sp³-hybridized carbons (Fsp3) is 0.552. The summed E-state index contributed by atoms with van der Waals surface area (Å²) >= 11 is 6.02. The van der Waals surface area contributed by atoms with Crippen molar-refractivity contribution in [2.45, 2.75) is 78.3 Å². The maximum Gasteiger partial charge on any atom is 0.173 e. The number of anilines is 2. The average molecular weight is 480 g/mol. The summed E-state index contributed by atoms with van der Waals surface area (Å²) in [7, 11) is 0. The predicted octanol–water partition coefficient (Wildman–Crippen LogP) is 7.03. The minimum absolute atomic E-state index is 0.476. The summed E-state index contributed by atoms with van der Waals surface area (Å²) in [6, 6.07) is 15.7. The van der Waals surface area contributed by atoms with E-state index >= 15 is 0 Å². The largest absolute Gasteiger partial charge is 0.494 e. The highest BCUT2D eigenvalue weighted by atomic mass is 32.1. The minimum Gasteiger partial charge on any atom is -0.494 e. The quantitative estimate of drug-likeness (QED) is 0.411. The lowest BCUT2D eigenvalue weighted by atomic mass is 9.84. The van der Waals surface area contributed by atoms with Crippen molar-refractivity contribution in [2.24, 2.45) is 5.92 Å². The summed E-state index contributed by atoms with van der Waals surface area (Å²) in [6.07, 6.45) is 8.73. The molecule has 1 saturated carbocycles. The van der Waals surface area contributed by atoms with Gasteiger partial charge < -0.3 is 19.9 Å². The van der Waals surface area contributed by atoms with Crippen LogP contribution in [0.5, 0.6) is 5.75 Å². The van der Waals surface area contributed by atoms with Gasteiger partial charge in [0.2, 0.25) is 0 Å². The monoisotopic (exact) mass is 479 g/mol. The topological polar surface area (TPSA) is 27.7 Å². The molecule has 2 aromatic rings. The number of benzene rings is 2. The van der Waals surface area contributed by atoms with Crippen LogP contribution in [0, 0.1) is 5.92 Å². The van der Waals surface area contributed by atoms with Crippen LogP contribution < -0.4 is 15.0 Å². The third kappa shape index (κ3) is 6.04. The maximum atomic E-state index is 6.02. The summed E-state index contributed by atoms with van der Waals surface area (Å²) in [5.74, 6) is 1.54. The molecule has 2 aliphatic rings. The summed E-state index contributed by atoms with van der Waals surface area (Å²) in [4.78, 5) is 5.02. The summed E-state index contributed by atoms with van der Waals surface area (Å²) < 4.78 is 5.60. The molecule has 34 heavy (non-hydrogen) atoms. The van der Waals surface area contributed by atoms with Gasteiger partial charge in [-0.25, -0.2) is 0 Å². The van der Waals surface area contributed by atoms with Crippen molar-refractivity contribution in [3.8, 4) is 5.75 Å². The number of fused-ring (bicyclic) bond motifs is 1. The highest BCUT2D eigenvalue weighted by Crippen LogP contribution is 2.32. The number of thiocarbonyl (C=S) groups is 1. The summed E-state index contributed by atoms with van der Waals surface area (Å²) in [6.45, 7) is 10.5. The molecular weight excluding hydrogens is 438 g/mol. The van der Waals surface area contributed by atoms with Crippen LogP contribution in [0.3, 0.4) is 0 Å². The van der Waals surface area contributed by atoms with Crippen molar-refractivity contribution in [1.29, 1.82) is 0 Å². The Morgan fingerprint density at radius 1 is 1.09 bits per heavy atom. The molecule has 1 aliphatic heterocycles. The smallest absolute Gasteiger partial charge is 0.173 e. The lowest BCUT2D eigenvalue weighted by Gasteiger charge is -2.40. The first-order chi connectivity index (χ1) is 16.6. The summed E-state index contributed by atoms with van der Waals surface area (Å²) in [5.41, 5.74) is 5.32. The van der Waals surface area contributed by atoms with E-state index in [1.54, 1.807) is 0 Å². The predicted molar refractivity (Wildman–Crippen MR) is 148 cm³/mol. The molecule has 1 fully saturated rings. The zero-order valence-electron chi connectivity index (χ0n) is 21.2.